The highest BCUT2D eigenvalue weighted by atomic mass is 16.5. The molecule has 0 aliphatic carbocycles. The molecule has 2 heterocycles. The van der Waals surface area contributed by atoms with Crippen LogP contribution in [0.4, 0.5) is 0 Å². The summed E-state index contributed by atoms with van der Waals surface area (Å²) in [5.41, 5.74) is 8.01. The van der Waals surface area contributed by atoms with Gasteiger partial charge >= 0.3 is 0 Å². The molecule has 3 rings (SSSR count). The van der Waals surface area contributed by atoms with Crippen LogP contribution in [0.1, 0.15) is 18.4 Å². The molecule has 2 aromatic rings. The zero-order valence-corrected chi connectivity index (χ0v) is 12.5. The van der Waals surface area contributed by atoms with Crippen LogP contribution >= 0.6 is 0 Å². The molecule has 0 spiro atoms. The third-order valence-corrected chi connectivity index (χ3v) is 3.67. The maximum absolute atomic E-state index is 5.88. The number of guanidine groups is 1. The van der Waals surface area contributed by atoms with E-state index in [0.29, 0.717) is 12.5 Å². The summed E-state index contributed by atoms with van der Waals surface area (Å²) >= 11 is 0. The second-order valence-electron chi connectivity index (χ2n) is 5.33. The lowest BCUT2D eigenvalue weighted by Gasteiger charge is -2.11. The van der Waals surface area contributed by atoms with E-state index < -0.39 is 0 Å². The molecule has 3 N–H and O–H groups in total. The number of benzene rings is 1. The second-order valence-corrected chi connectivity index (χ2v) is 5.33. The van der Waals surface area contributed by atoms with Crippen LogP contribution < -0.4 is 11.1 Å². The van der Waals surface area contributed by atoms with Crippen molar-refractivity contribution in [3.05, 3.63) is 48.3 Å². The number of nitrogens with zero attached hydrogens (tertiary/aromatic N) is 3. The molecule has 1 aromatic heterocycles. The van der Waals surface area contributed by atoms with E-state index in [4.69, 9.17) is 10.5 Å². The Morgan fingerprint density at radius 3 is 2.95 bits per heavy atom. The van der Waals surface area contributed by atoms with Crippen LogP contribution in [0.3, 0.4) is 0 Å². The third kappa shape index (κ3) is 3.85. The van der Waals surface area contributed by atoms with Crippen LogP contribution in [-0.4, -0.2) is 35.0 Å². The smallest absolute Gasteiger partial charge is 0.189 e. The van der Waals surface area contributed by atoms with Gasteiger partial charge in [-0.05, 0) is 36.6 Å². The molecule has 1 fully saturated rings. The van der Waals surface area contributed by atoms with Crippen molar-refractivity contribution in [3.63, 3.8) is 0 Å². The molecule has 0 amide bonds. The van der Waals surface area contributed by atoms with Crippen molar-refractivity contribution >= 4 is 5.96 Å². The number of aromatic nitrogens is 2. The zero-order chi connectivity index (χ0) is 15.2. The first-order chi connectivity index (χ1) is 10.8. The van der Waals surface area contributed by atoms with Crippen molar-refractivity contribution in [1.29, 1.82) is 0 Å². The van der Waals surface area contributed by atoms with Crippen LogP contribution in [0.2, 0.25) is 0 Å². The van der Waals surface area contributed by atoms with Crippen molar-refractivity contribution in [2.75, 3.05) is 13.2 Å². The standard InChI is InChI=1S/C16H21N5O/c17-16(19-12-15-3-1-10-22-15)18-11-13-4-6-14(7-5-13)21-9-2-8-20-21/h2,4-9,15H,1,3,10-12H2,(H3,17,18,19). The van der Waals surface area contributed by atoms with E-state index in [1.54, 1.807) is 6.20 Å². The first kappa shape index (κ1) is 14.6. The molecular formula is C16H21N5O. The van der Waals surface area contributed by atoms with Crippen LogP contribution in [0.25, 0.3) is 5.69 Å². The summed E-state index contributed by atoms with van der Waals surface area (Å²) in [6.45, 7) is 2.14. The number of hydrogen-bond donors (Lipinski definition) is 2. The molecule has 1 unspecified atom stereocenters. The highest BCUT2D eigenvalue weighted by Gasteiger charge is 2.14. The van der Waals surface area contributed by atoms with Gasteiger partial charge < -0.3 is 15.8 Å². The molecule has 1 aliphatic rings. The summed E-state index contributed by atoms with van der Waals surface area (Å²) in [6.07, 6.45) is 6.17. The average Bonchev–Trinajstić information content (AvgIpc) is 3.24. The Morgan fingerprint density at radius 2 is 2.27 bits per heavy atom. The number of rotatable bonds is 5. The van der Waals surface area contributed by atoms with E-state index in [9.17, 15) is 0 Å². The monoisotopic (exact) mass is 299 g/mol. The van der Waals surface area contributed by atoms with Crippen molar-refractivity contribution in [2.45, 2.75) is 25.5 Å². The quantitative estimate of drug-likeness (QED) is 0.647. The Kier molecular flexibility index (Phi) is 4.70. The highest BCUT2D eigenvalue weighted by Crippen LogP contribution is 2.11. The molecule has 22 heavy (non-hydrogen) atoms. The molecular weight excluding hydrogens is 278 g/mol. The Labute approximate surface area is 130 Å². The van der Waals surface area contributed by atoms with Gasteiger partial charge in [-0.25, -0.2) is 9.67 Å². The molecule has 6 heteroatoms. The molecule has 1 aliphatic heterocycles. The Balaban J connectivity index is 1.50. The van der Waals surface area contributed by atoms with Crippen molar-refractivity contribution in [3.8, 4) is 5.69 Å². The van der Waals surface area contributed by atoms with E-state index in [0.717, 1.165) is 37.2 Å². The number of nitrogens with two attached hydrogens (primary N) is 1. The summed E-state index contributed by atoms with van der Waals surface area (Å²) in [7, 11) is 0. The van der Waals surface area contributed by atoms with E-state index in [1.165, 1.54) is 0 Å². The van der Waals surface area contributed by atoms with Crippen LogP contribution in [-0.2, 0) is 11.3 Å². The lowest BCUT2D eigenvalue weighted by Crippen LogP contribution is -2.37. The van der Waals surface area contributed by atoms with Gasteiger partial charge in [-0.3, -0.25) is 0 Å². The fraction of sp³-hybridized carbons (Fsp3) is 0.375. The summed E-state index contributed by atoms with van der Waals surface area (Å²) < 4.78 is 7.36. The molecule has 6 nitrogen and oxygen atoms in total. The zero-order valence-electron chi connectivity index (χ0n) is 12.5. The van der Waals surface area contributed by atoms with E-state index in [2.05, 4.69) is 15.4 Å². The Morgan fingerprint density at radius 1 is 1.41 bits per heavy atom. The third-order valence-electron chi connectivity index (χ3n) is 3.67. The first-order valence-corrected chi connectivity index (χ1v) is 7.55. The van der Waals surface area contributed by atoms with Gasteiger partial charge in [0.25, 0.3) is 0 Å². The van der Waals surface area contributed by atoms with Gasteiger partial charge in [0, 0.05) is 25.5 Å². The summed E-state index contributed by atoms with van der Waals surface area (Å²) in [6, 6.07) is 10.0. The minimum Gasteiger partial charge on any atom is -0.376 e. The lowest BCUT2D eigenvalue weighted by molar-refractivity contribution is 0.114. The molecule has 116 valence electrons. The molecule has 0 saturated carbocycles. The predicted octanol–water partition coefficient (Wildman–Crippen LogP) is 1.46. The first-order valence-electron chi connectivity index (χ1n) is 7.55. The van der Waals surface area contributed by atoms with E-state index in [-0.39, 0.29) is 6.10 Å². The number of ether oxygens (including phenoxy) is 1. The fourth-order valence-corrected chi connectivity index (χ4v) is 2.43. The molecule has 1 saturated heterocycles. The van der Waals surface area contributed by atoms with Gasteiger partial charge in [-0.1, -0.05) is 12.1 Å². The Hall–Kier alpha value is -2.34. The van der Waals surface area contributed by atoms with Gasteiger partial charge in [0.2, 0.25) is 0 Å². The van der Waals surface area contributed by atoms with Crippen LogP contribution in [0.5, 0.6) is 0 Å². The summed E-state index contributed by atoms with van der Waals surface area (Å²) in [5.74, 6) is 0.464. The van der Waals surface area contributed by atoms with E-state index in [1.807, 2.05) is 41.2 Å². The highest BCUT2D eigenvalue weighted by molar-refractivity contribution is 5.77. The lowest BCUT2D eigenvalue weighted by atomic mass is 10.2. The normalized spacial score (nSPS) is 18.5. The molecule has 1 atom stereocenters. The summed E-state index contributed by atoms with van der Waals surface area (Å²) in [5, 5.41) is 7.32. The average molecular weight is 299 g/mol. The maximum atomic E-state index is 5.88. The number of aliphatic imine (C=N–C) groups is 1. The number of nitrogens with one attached hydrogen (secondary N) is 1. The topological polar surface area (TPSA) is 77.5 Å². The van der Waals surface area contributed by atoms with Gasteiger partial charge in [0.05, 0.1) is 18.3 Å². The minimum atomic E-state index is 0.266. The van der Waals surface area contributed by atoms with Crippen molar-refractivity contribution < 1.29 is 4.74 Å². The minimum absolute atomic E-state index is 0.266. The van der Waals surface area contributed by atoms with Gasteiger partial charge in [-0.15, -0.1) is 0 Å². The van der Waals surface area contributed by atoms with Crippen molar-refractivity contribution in [1.82, 2.24) is 15.1 Å². The summed E-state index contributed by atoms with van der Waals surface area (Å²) in [4.78, 5) is 4.35. The fourth-order valence-electron chi connectivity index (χ4n) is 2.43. The van der Waals surface area contributed by atoms with Crippen molar-refractivity contribution in [2.24, 2.45) is 10.7 Å². The van der Waals surface area contributed by atoms with Gasteiger partial charge in [0.1, 0.15) is 0 Å². The van der Waals surface area contributed by atoms with Gasteiger partial charge in [-0.2, -0.15) is 5.10 Å². The van der Waals surface area contributed by atoms with Crippen LogP contribution in [0.15, 0.2) is 47.7 Å². The maximum Gasteiger partial charge on any atom is 0.189 e. The molecule has 1 aromatic carbocycles. The Bertz CT molecular complexity index is 600. The second kappa shape index (κ2) is 7.09. The van der Waals surface area contributed by atoms with Gasteiger partial charge in [0.15, 0.2) is 5.96 Å². The SMILES string of the molecule is NC(=NCc1ccc(-n2cccn2)cc1)NCC1CCCO1. The number of hydrogen-bond acceptors (Lipinski definition) is 3. The molecule has 0 bridgehead atoms. The predicted molar refractivity (Wildman–Crippen MR) is 85.9 cm³/mol. The largest absolute Gasteiger partial charge is 0.376 e. The van der Waals surface area contributed by atoms with Crippen LogP contribution in [0, 0.1) is 0 Å². The van der Waals surface area contributed by atoms with E-state index >= 15 is 0 Å². The molecule has 0 radical (unpaired) electrons.